The number of sulfonamides is 1. The lowest BCUT2D eigenvalue weighted by molar-refractivity contribution is 0.0711. The molecule has 0 atom stereocenters. The lowest BCUT2D eigenvalue weighted by Gasteiger charge is -2.32. The van der Waals surface area contributed by atoms with Gasteiger partial charge in [-0.3, -0.25) is 4.79 Å². The van der Waals surface area contributed by atoms with E-state index in [2.05, 4.69) is 4.72 Å². The second kappa shape index (κ2) is 6.03. The number of carbonyl (C=O) groups excluding carboxylic acids is 1. The summed E-state index contributed by atoms with van der Waals surface area (Å²) in [6.45, 7) is 2.98. The van der Waals surface area contributed by atoms with Gasteiger partial charge in [0.25, 0.3) is 5.91 Å². The van der Waals surface area contributed by atoms with Gasteiger partial charge >= 0.3 is 0 Å². The van der Waals surface area contributed by atoms with E-state index in [4.69, 9.17) is 5.73 Å². The van der Waals surface area contributed by atoms with Gasteiger partial charge in [0.05, 0.1) is 6.26 Å². The van der Waals surface area contributed by atoms with Gasteiger partial charge in [0.2, 0.25) is 10.0 Å². The van der Waals surface area contributed by atoms with Crippen molar-refractivity contribution in [3.05, 3.63) is 29.3 Å². The minimum absolute atomic E-state index is 0.0526. The number of hydrogen-bond donors (Lipinski definition) is 2. The predicted octanol–water partition coefficient (Wildman–Crippen LogP) is 0.731. The van der Waals surface area contributed by atoms with Crippen molar-refractivity contribution >= 4 is 21.6 Å². The molecule has 2 rings (SSSR count). The largest absolute Gasteiger partial charge is 0.399 e. The molecule has 0 bridgehead atoms. The summed E-state index contributed by atoms with van der Waals surface area (Å²) in [5, 5.41) is 0. The van der Waals surface area contributed by atoms with E-state index in [-0.39, 0.29) is 11.9 Å². The second-order valence-corrected chi connectivity index (χ2v) is 7.37. The molecule has 1 aromatic rings. The third-order valence-electron chi connectivity index (χ3n) is 3.51. The van der Waals surface area contributed by atoms with Crippen molar-refractivity contribution in [2.75, 3.05) is 25.1 Å². The Hall–Kier alpha value is -1.60. The summed E-state index contributed by atoms with van der Waals surface area (Å²) in [4.78, 5) is 14.2. The molecule has 1 fully saturated rings. The highest BCUT2D eigenvalue weighted by molar-refractivity contribution is 7.88. The van der Waals surface area contributed by atoms with Gasteiger partial charge in [0.1, 0.15) is 0 Å². The third kappa shape index (κ3) is 4.44. The maximum atomic E-state index is 12.4. The standard InChI is InChI=1S/C14H21N3O3S/c1-10-7-11(9-12(15)8-10)14(18)17-5-3-13(4-6-17)16-21(2,19)20/h7-9,13,16H,3-6,15H2,1-2H3. The molecular weight excluding hydrogens is 290 g/mol. The highest BCUT2D eigenvalue weighted by atomic mass is 32.2. The van der Waals surface area contributed by atoms with Gasteiger partial charge in [-0.15, -0.1) is 0 Å². The first kappa shape index (κ1) is 15.8. The summed E-state index contributed by atoms with van der Waals surface area (Å²) in [5.41, 5.74) is 7.88. The van der Waals surface area contributed by atoms with Crippen molar-refractivity contribution in [3.8, 4) is 0 Å². The van der Waals surface area contributed by atoms with Crippen LogP contribution in [0.5, 0.6) is 0 Å². The van der Waals surface area contributed by atoms with E-state index in [0.29, 0.717) is 37.2 Å². The number of piperidine rings is 1. The summed E-state index contributed by atoms with van der Waals surface area (Å²) in [6.07, 6.45) is 2.40. The van der Waals surface area contributed by atoms with Crippen LogP contribution in [-0.4, -0.2) is 44.6 Å². The fourth-order valence-electron chi connectivity index (χ4n) is 2.62. The van der Waals surface area contributed by atoms with Crippen molar-refractivity contribution in [1.82, 2.24) is 9.62 Å². The SMILES string of the molecule is Cc1cc(N)cc(C(=O)N2CCC(NS(C)(=O)=O)CC2)c1. The Morgan fingerprint density at radius 2 is 1.90 bits per heavy atom. The van der Waals surface area contributed by atoms with E-state index in [9.17, 15) is 13.2 Å². The molecule has 1 amide bonds. The molecular formula is C14H21N3O3S. The summed E-state index contributed by atoms with van der Waals surface area (Å²) in [5.74, 6) is -0.0526. The van der Waals surface area contributed by atoms with E-state index >= 15 is 0 Å². The summed E-state index contributed by atoms with van der Waals surface area (Å²) < 4.78 is 25.0. The number of rotatable bonds is 3. The maximum absolute atomic E-state index is 12.4. The molecule has 0 radical (unpaired) electrons. The number of hydrogen-bond acceptors (Lipinski definition) is 4. The van der Waals surface area contributed by atoms with Crippen LogP contribution in [0.1, 0.15) is 28.8 Å². The molecule has 1 heterocycles. The third-order valence-corrected chi connectivity index (χ3v) is 4.27. The van der Waals surface area contributed by atoms with Crippen LogP contribution in [0.3, 0.4) is 0 Å². The van der Waals surface area contributed by atoms with Gasteiger partial charge in [0.15, 0.2) is 0 Å². The first-order valence-corrected chi connectivity index (χ1v) is 8.77. The second-order valence-electron chi connectivity index (χ2n) is 5.59. The average Bonchev–Trinajstić information content (AvgIpc) is 2.35. The van der Waals surface area contributed by atoms with Crippen molar-refractivity contribution in [1.29, 1.82) is 0 Å². The van der Waals surface area contributed by atoms with Crippen LogP contribution in [0, 0.1) is 6.92 Å². The summed E-state index contributed by atoms with van der Waals surface area (Å²) in [7, 11) is -3.19. The van der Waals surface area contributed by atoms with Crippen LogP contribution in [0.25, 0.3) is 0 Å². The first-order chi connectivity index (χ1) is 9.74. The summed E-state index contributed by atoms with van der Waals surface area (Å²) >= 11 is 0. The minimum Gasteiger partial charge on any atom is -0.399 e. The maximum Gasteiger partial charge on any atom is 0.253 e. The van der Waals surface area contributed by atoms with Crippen LogP contribution < -0.4 is 10.5 Å². The van der Waals surface area contributed by atoms with Gasteiger partial charge < -0.3 is 10.6 Å². The van der Waals surface area contributed by atoms with Gasteiger partial charge in [0, 0.05) is 30.4 Å². The highest BCUT2D eigenvalue weighted by Gasteiger charge is 2.25. The molecule has 21 heavy (non-hydrogen) atoms. The Balaban J connectivity index is 2.00. The quantitative estimate of drug-likeness (QED) is 0.805. The fourth-order valence-corrected chi connectivity index (χ4v) is 3.46. The minimum atomic E-state index is -3.19. The Morgan fingerprint density at radius 3 is 2.43 bits per heavy atom. The number of nitrogens with zero attached hydrogens (tertiary/aromatic N) is 1. The molecule has 0 aliphatic carbocycles. The molecule has 0 unspecified atom stereocenters. The van der Waals surface area contributed by atoms with Crippen molar-refractivity contribution in [2.45, 2.75) is 25.8 Å². The Kier molecular flexibility index (Phi) is 4.53. The molecule has 1 saturated heterocycles. The molecule has 7 heteroatoms. The zero-order chi connectivity index (χ0) is 15.6. The predicted molar refractivity (Wildman–Crippen MR) is 82.5 cm³/mol. The number of likely N-dealkylation sites (tertiary alicyclic amines) is 1. The number of anilines is 1. The number of nitrogens with one attached hydrogen (secondary N) is 1. The molecule has 1 aliphatic rings. The molecule has 0 aromatic heterocycles. The Labute approximate surface area is 125 Å². The van der Waals surface area contributed by atoms with Gasteiger partial charge in [-0.05, 0) is 43.5 Å². The van der Waals surface area contributed by atoms with E-state index < -0.39 is 10.0 Å². The van der Waals surface area contributed by atoms with Crippen molar-refractivity contribution < 1.29 is 13.2 Å². The van der Waals surface area contributed by atoms with E-state index in [1.807, 2.05) is 19.1 Å². The van der Waals surface area contributed by atoms with Crippen LogP contribution in [0.4, 0.5) is 5.69 Å². The smallest absolute Gasteiger partial charge is 0.253 e. The van der Waals surface area contributed by atoms with Crippen molar-refractivity contribution in [2.24, 2.45) is 0 Å². The number of carbonyl (C=O) groups is 1. The number of amides is 1. The lowest BCUT2D eigenvalue weighted by atomic mass is 10.0. The monoisotopic (exact) mass is 311 g/mol. The molecule has 6 nitrogen and oxygen atoms in total. The van der Waals surface area contributed by atoms with Gasteiger partial charge in [-0.25, -0.2) is 13.1 Å². The van der Waals surface area contributed by atoms with Crippen molar-refractivity contribution in [3.63, 3.8) is 0 Å². The highest BCUT2D eigenvalue weighted by Crippen LogP contribution is 2.17. The fraction of sp³-hybridized carbons (Fsp3) is 0.500. The molecule has 1 aliphatic heterocycles. The number of nitrogen functional groups attached to an aromatic ring is 1. The van der Waals surface area contributed by atoms with Gasteiger partial charge in [-0.2, -0.15) is 0 Å². The molecule has 0 spiro atoms. The Morgan fingerprint density at radius 1 is 1.29 bits per heavy atom. The van der Waals surface area contributed by atoms with E-state index in [0.717, 1.165) is 11.8 Å². The van der Waals surface area contributed by atoms with Crippen LogP contribution in [0.15, 0.2) is 18.2 Å². The first-order valence-electron chi connectivity index (χ1n) is 6.88. The lowest BCUT2D eigenvalue weighted by Crippen LogP contribution is -2.46. The Bertz CT molecular complexity index is 615. The zero-order valence-corrected chi connectivity index (χ0v) is 13.1. The average molecular weight is 311 g/mol. The van der Waals surface area contributed by atoms with Gasteiger partial charge in [-0.1, -0.05) is 0 Å². The van der Waals surface area contributed by atoms with E-state index in [1.165, 1.54) is 0 Å². The number of aryl methyl sites for hydroxylation is 1. The van der Waals surface area contributed by atoms with Crippen LogP contribution in [-0.2, 0) is 10.0 Å². The molecule has 0 saturated carbocycles. The normalized spacial score (nSPS) is 17.0. The molecule has 3 N–H and O–H groups in total. The van der Waals surface area contributed by atoms with Crippen LogP contribution >= 0.6 is 0 Å². The molecule has 116 valence electrons. The summed E-state index contributed by atoms with van der Waals surface area (Å²) in [6, 6.07) is 5.22. The number of benzene rings is 1. The zero-order valence-electron chi connectivity index (χ0n) is 12.3. The molecule has 1 aromatic carbocycles. The number of nitrogens with two attached hydrogens (primary N) is 1. The van der Waals surface area contributed by atoms with E-state index in [1.54, 1.807) is 11.0 Å². The van der Waals surface area contributed by atoms with Crippen LogP contribution in [0.2, 0.25) is 0 Å². The topological polar surface area (TPSA) is 92.5 Å².